The molecular formula is C18H30ClN3O4S. The number of carbonyl (C=O) groups excluding carboxylic acids is 1. The molecule has 1 amide bonds. The molecule has 0 heterocycles. The largest absolute Gasteiger partial charge is 0.383 e. The number of carbonyl (C=O) groups is 1. The van der Waals surface area contributed by atoms with E-state index in [4.69, 9.17) is 10.5 Å². The molecule has 0 radical (unpaired) electrons. The molecule has 0 aliphatic heterocycles. The average Bonchev–Trinajstić information content (AvgIpc) is 2.60. The number of rotatable bonds is 8. The van der Waals surface area contributed by atoms with Crippen molar-refractivity contribution in [1.82, 2.24) is 10.0 Å². The monoisotopic (exact) mass is 419 g/mol. The predicted octanol–water partition coefficient (Wildman–Crippen LogP) is 1.56. The van der Waals surface area contributed by atoms with Gasteiger partial charge in [-0.25, -0.2) is 13.1 Å². The van der Waals surface area contributed by atoms with Gasteiger partial charge in [-0.3, -0.25) is 4.79 Å². The van der Waals surface area contributed by atoms with Gasteiger partial charge in [0, 0.05) is 25.7 Å². The van der Waals surface area contributed by atoms with Gasteiger partial charge in [-0.1, -0.05) is 25.0 Å². The van der Waals surface area contributed by atoms with E-state index in [2.05, 4.69) is 10.0 Å². The highest BCUT2D eigenvalue weighted by atomic mass is 35.5. The summed E-state index contributed by atoms with van der Waals surface area (Å²) in [6.07, 6.45) is 3.68. The van der Waals surface area contributed by atoms with Crippen molar-refractivity contribution in [3.63, 3.8) is 0 Å². The molecule has 2 unspecified atom stereocenters. The second-order valence-corrected chi connectivity index (χ2v) is 8.83. The van der Waals surface area contributed by atoms with Gasteiger partial charge in [0.25, 0.3) is 0 Å². The van der Waals surface area contributed by atoms with Gasteiger partial charge in [0.2, 0.25) is 15.9 Å². The summed E-state index contributed by atoms with van der Waals surface area (Å²) in [4.78, 5) is 12.7. The number of amides is 1. The van der Waals surface area contributed by atoms with E-state index in [9.17, 15) is 13.2 Å². The van der Waals surface area contributed by atoms with Crippen LogP contribution in [0.2, 0.25) is 0 Å². The number of benzene rings is 1. The zero-order chi connectivity index (χ0) is 19.2. The van der Waals surface area contributed by atoms with Crippen LogP contribution in [0, 0.1) is 5.92 Å². The summed E-state index contributed by atoms with van der Waals surface area (Å²) in [5, 5.41) is 2.90. The molecule has 1 fully saturated rings. The summed E-state index contributed by atoms with van der Waals surface area (Å²) in [6.45, 7) is 2.70. The van der Waals surface area contributed by atoms with Gasteiger partial charge in [0.15, 0.2) is 0 Å². The van der Waals surface area contributed by atoms with Crippen molar-refractivity contribution in [3.8, 4) is 0 Å². The Bertz CT molecular complexity index is 725. The van der Waals surface area contributed by atoms with Crippen molar-refractivity contribution >= 4 is 28.3 Å². The fourth-order valence-corrected chi connectivity index (χ4v) is 4.37. The Morgan fingerprint density at radius 1 is 1.37 bits per heavy atom. The molecule has 1 aromatic rings. The third-order valence-electron chi connectivity index (χ3n) is 4.84. The lowest BCUT2D eigenvalue weighted by molar-refractivity contribution is -0.128. The minimum Gasteiger partial charge on any atom is -0.383 e. The lowest BCUT2D eigenvalue weighted by Crippen LogP contribution is -2.52. The predicted molar refractivity (Wildman–Crippen MR) is 107 cm³/mol. The van der Waals surface area contributed by atoms with E-state index in [0.717, 1.165) is 31.2 Å². The Balaban J connectivity index is 0.00000364. The second-order valence-electron chi connectivity index (χ2n) is 7.06. The average molecular weight is 420 g/mol. The zero-order valence-corrected chi connectivity index (χ0v) is 17.5. The van der Waals surface area contributed by atoms with E-state index in [1.54, 1.807) is 18.2 Å². The minimum absolute atomic E-state index is 0. The van der Waals surface area contributed by atoms with Crippen LogP contribution in [0.25, 0.3) is 0 Å². The number of methoxy groups -OCH3 is 1. The van der Waals surface area contributed by atoms with Gasteiger partial charge in [-0.2, -0.15) is 0 Å². The molecule has 0 spiro atoms. The molecule has 0 bridgehead atoms. The van der Waals surface area contributed by atoms with Gasteiger partial charge in [-0.15, -0.1) is 12.4 Å². The quantitative estimate of drug-likeness (QED) is 0.554. The van der Waals surface area contributed by atoms with Crippen LogP contribution in [0.3, 0.4) is 0 Å². The number of ether oxygens (including phenoxy) is 1. The highest BCUT2D eigenvalue weighted by Gasteiger charge is 2.37. The summed E-state index contributed by atoms with van der Waals surface area (Å²) in [6, 6.07) is 6.55. The summed E-state index contributed by atoms with van der Waals surface area (Å²) in [5.41, 5.74) is 6.51. The molecule has 9 heteroatoms. The second kappa shape index (κ2) is 10.4. The number of hydrogen-bond acceptors (Lipinski definition) is 5. The van der Waals surface area contributed by atoms with Crippen LogP contribution in [0.5, 0.6) is 0 Å². The van der Waals surface area contributed by atoms with E-state index in [1.165, 1.54) is 13.2 Å². The van der Waals surface area contributed by atoms with Crippen molar-refractivity contribution in [2.45, 2.75) is 49.6 Å². The molecular weight excluding hydrogens is 390 g/mol. The van der Waals surface area contributed by atoms with Crippen molar-refractivity contribution in [1.29, 1.82) is 0 Å². The maximum atomic E-state index is 12.5. The Morgan fingerprint density at radius 3 is 2.78 bits per heavy atom. The molecule has 154 valence electrons. The van der Waals surface area contributed by atoms with Gasteiger partial charge in [0.05, 0.1) is 17.4 Å². The summed E-state index contributed by atoms with van der Waals surface area (Å²) in [5.74, 6) is -0.278. The first-order valence-corrected chi connectivity index (χ1v) is 10.4. The molecule has 1 aliphatic carbocycles. The van der Waals surface area contributed by atoms with Crippen LogP contribution in [0.15, 0.2) is 29.2 Å². The van der Waals surface area contributed by atoms with Gasteiger partial charge < -0.3 is 15.8 Å². The SMILES string of the molecule is COCCNS(=O)(=O)c1cccc(CNC(=O)C2CCCCC2(C)N)c1.Cl. The number of nitrogens with two attached hydrogens (primary N) is 1. The van der Waals surface area contributed by atoms with Crippen LogP contribution < -0.4 is 15.8 Å². The van der Waals surface area contributed by atoms with Crippen molar-refractivity contribution < 1.29 is 17.9 Å². The van der Waals surface area contributed by atoms with Crippen molar-refractivity contribution in [2.75, 3.05) is 20.3 Å². The van der Waals surface area contributed by atoms with Crippen LogP contribution in [0.4, 0.5) is 0 Å². The lowest BCUT2D eigenvalue weighted by Gasteiger charge is -2.37. The number of nitrogens with one attached hydrogen (secondary N) is 2. The molecule has 0 saturated heterocycles. The molecule has 1 saturated carbocycles. The Hall–Kier alpha value is -1.19. The van der Waals surface area contributed by atoms with Crippen LogP contribution >= 0.6 is 12.4 Å². The Labute approximate surface area is 167 Å². The first-order chi connectivity index (χ1) is 12.3. The van der Waals surface area contributed by atoms with E-state index in [-0.39, 0.29) is 42.2 Å². The van der Waals surface area contributed by atoms with Crippen LogP contribution in [-0.2, 0) is 26.1 Å². The highest BCUT2D eigenvalue weighted by Crippen LogP contribution is 2.31. The maximum Gasteiger partial charge on any atom is 0.240 e. The molecule has 4 N–H and O–H groups in total. The van der Waals surface area contributed by atoms with Crippen LogP contribution in [-0.4, -0.2) is 40.1 Å². The fraction of sp³-hybridized carbons (Fsp3) is 0.611. The Morgan fingerprint density at radius 2 is 2.11 bits per heavy atom. The molecule has 0 aromatic heterocycles. The first kappa shape index (κ1) is 23.8. The third-order valence-corrected chi connectivity index (χ3v) is 6.30. The fourth-order valence-electron chi connectivity index (χ4n) is 3.29. The topological polar surface area (TPSA) is 111 Å². The molecule has 1 aromatic carbocycles. The summed E-state index contributed by atoms with van der Waals surface area (Å²) >= 11 is 0. The van der Waals surface area contributed by atoms with Gasteiger partial charge >= 0.3 is 0 Å². The normalized spacial score (nSPS) is 22.7. The van der Waals surface area contributed by atoms with Crippen molar-refractivity contribution in [3.05, 3.63) is 29.8 Å². The first-order valence-electron chi connectivity index (χ1n) is 8.90. The summed E-state index contributed by atoms with van der Waals surface area (Å²) in [7, 11) is -2.09. The lowest BCUT2D eigenvalue weighted by atomic mass is 9.74. The zero-order valence-electron chi connectivity index (χ0n) is 15.9. The van der Waals surface area contributed by atoms with Crippen molar-refractivity contribution in [2.24, 2.45) is 11.7 Å². The molecule has 7 nitrogen and oxygen atoms in total. The standard InChI is InChI=1S/C18H29N3O4S.ClH/c1-18(19)9-4-3-8-16(18)17(22)20-13-14-6-5-7-15(12-14)26(23,24)21-10-11-25-2;/h5-7,12,16,21H,3-4,8-11,13,19H2,1-2H3,(H,20,22);1H. The third kappa shape index (κ3) is 6.73. The van der Waals surface area contributed by atoms with E-state index < -0.39 is 15.6 Å². The number of hydrogen-bond donors (Lipinski definition) is 3. The van der Waals surface area contributed by atoms with Crippen LogP contribution in [0.1, 0.15) is 38.2 Å². The smallest absolute Gasteiger partial charge is 0.240 e. The van der Waals surface area contributed by atoms with Gasteiger partial charge in [0.1, 0.15) is 0 Å². The van der Waals surface area contributed by atoms with Gasteiger partial charge in [-0.05, 0) is 37.5 Å². The van der Waals surface area contributed by atoms with E-state index in [1.807, 2.05) is 6.92 Å². The van der Waals surface area contributed by atoms with E-state index >= 15 is 0 Å². The number of sulfonamides is 1. The molecule has 1 aliphatic rings. The summed E-state index contributed by atoms with van der Waals surface area (Å²) < 4.78 is 31.8. The highest BCUT2D eigenvalue weighted by molar-refractivity contribution is 7.89. The molecule has 27 heavy (non-hydrogen) atoms. The molecule has 2 rings (SSSR count). The van der Waals surface area contributed by atoms with E-state index in [0.29, 0.717) is 6.61 Å². The number of halogens is 1. The Kier molecular flexibility index (Phi) is 9.17. The molecule has 2 atom stereocenters. The maximum absolute atomic E-state index is 12.5. The minimum atomic E-state index is -3.60.